The number of nitrogens with two attached hydrogens (primary N) is 1. The monoisotopic (exact) mass is 285 g/mol. The Morgan fingerprint density at radius 2 is 1.79 bits per heavy atom. The number of anilines is 1. The summed E-state index contributed by atoms with van der Waals surface area (Å²) in [5, 5.41) is 0. The van der Waals surface area contributed by atoms with Crippen LogP contribution >= 0.6 is 0 Å². The van der Waals surface area contributed by atoms with Gasteiger partial charge in [0.15, 0.2) is 9.84 Å². The quantitative estimate of drug-likeness (QED) is 0.674. The molecule has 1 aromatic rings. The van der Waals surface area contributed by atoms with Crippen molar-refractivity contribution in [1.82, 2.24) is 0 Å². The molecular weight excluding hydrogens is 266 g/mol. The maximum absolute atomic E-state index is 11.9. The van der Waals surface area contributed by atoms with Gasteiger partial charge in [0.2, 0.25) is 0 Å². The van der Waals surface area contributed by atoms with Gasteiger partial charge in [-0.3, -0.25) is 0 Å². The number of carbonyl (C=O) groups excluding carboxylic acids is 1. The molecule has 5 nitrogen and oxygen atoms in total. The van der Waals surface area contributed by atoms with Crippen molar-refractivity contribution in [3.63, 3.8) is 0 Å². The van der Waals surface area contributed by atoms with Crippen LogP contribution in [0.3, 0.4) is 0 Å². The SMILES string of the molecule is CC(C)C(C)OC(=O)c1cc(N)cc(S(C)(=O)=O)c1. The molecule has 106 valence electrons. The molecule has 0 saturated carbocycles. The van der Waals surface area contributed by atoms with E-state index >= 15 is 0 Å². The summed E-state index contributed by atoms with van der Waals surface area (Å²) < 4.78 is 28.2. The molecule has 0 spiro atoms. The van der Waals surface area contributed by atoms with Crippen molar-refractivity contribution < 1.29 is 17.9 Å². The molecule has 0 radical (unpaired) electrons. The average molecular weight is 285 g/mol. The summed E-state index contributed by atoms with van der Waals surface area (Å²) in [5.74, 6) is -0.391. The van der Waals surface area contributed by atoms with E-state index in [9.17, 15) is 13.2 Å². The minimum absolute atomic E-state index is 0.0108. The minimum Gasteiger partial charge on any atom is -0.459 e. The summed E-state index contributed by atoms with van der Waals surface area (Å²) in [7, 11) is -3.41. The van der Waals surface area contributed by atoms with Crippen LogP contribution in [-0.4, -0.2) is 26.7 Å². The van der Waals surface area contributed by atoms with Crippen molar-refractivity contribution in [2.24, 2.45) is 5.92 Å². The van der Waals surface area contributed by atoms with Gasteiger partial charge in [-0.05, 0) is 31.0 Å². The maximum Gasteiger partial charge on any atom is 0.338 e. The van der Waals surface area contributed by atoms with Gasteiger partial charge in [0.05, 0.1) is 10.5 Å². The number of esters is 1. The third-order valence-corrected chi connectivity index (χ3v) is 3.92. The maximum atomic E-state index is 11.9. The lowest BCUT2D eigenvalue weighted by Gasteiger charge is -2.16. The summed E-state index contributed by atoms with van der Waals surface area (Å²) >= 11 is 0. The van der Waals surface area contributed by atoms with E-state index in [1.54, 1.807) is 6.92 Å². The highest BCUT2D eigenvalue weighted by atomic mass is 32.2. The Kier molecular flexibility index (Phi) is 4.57. The average Bonchev–Trinajstić information content (AvgIpc) is 2.26. The molecule has 0 bridgehead atoms. The van der Waals surface area contributed by atoms with Crippen LogP contribution in [0.1, 0.15) is 31.1 Å². The van der Waals surface area contributed by atoms with Crippen LogP contribution in [0.4, 0.5) is 5.69 Å². The minimum atomic E-state index is -3.41. The Hall–Kier alpha value is -1.56. The Labute approximate surface area is 113 Å². The van der Waals surface area contributed by atoms with Crippen LogP contribution in [-0.2, 0) is 14.6 Å². The van der Waals surface area contributed by atoms with Crippen molar-refractivity contribution in [2.75, 3.05) is 12.0 Å². The first-order valence-corrected chi connectivity index (χ1v) is 7.82. The lowest BCUT2D eigenvalue weighted by atomic mass is 10.1. The largest absolute Gasteiger partial charge is 0.459 e. The van der Waals surface area contributed by atoms with Gasteiger partial charge < -0.3 is 10.5 Å². The van der Waals surface area contributed by atoms with E-state index in [1.807, 2.05) is 13.8 Å². The van der Waals surface area contributed by atoms with Gasteiger partial charge in [0, 0.05) is 11.9 Å². The molecule has 0 amide bonds. The number of ether oxygens (including phenoxy) is 1. The fraction of sp³-hybridized carbons (Fsp3) is 0.462. The molecular formula is C13H19NO4S. The summed E-state index contributed by atoms with van der Waals surface area (Å²) in [6.45, 7) is 5.64. The second-order valence-electron chi connectivity index (χ2n) is 4.92. The van der Waals surface area contributed by atoms with Gasteiger partial charge in [0.25, 0.3) is 0 Å². The predicted octanol–water partition coefficient (Wildman–Crippen LogP) is 1.87. The molecule has 0 aliphatic carbocycles. The highest BCUT2D eigenvalue weighted by molar-refractivity contribution is 7.90. The van der Waals surface area contributed by atoms with Crippen LogP contribution in [0.15, 0.2) is 23.1 Å². The van der Waals surface area contributed by atoms with Gasteiger partial charge in [-0.2, -0.15) is 0 Å². The molecule has 1 aromatic carbocycles. The molecule has 0 aliphatic rings. The third-order valence-electron chi connectivity index (χ3n) is 2.82. The highest BCUT2D eigenvalue weighted by Gasteiger charge is 2.18. The first kappa shape index (κ1) is 15.5. The summed E-state index contributed by atoms with van der Waals surface area (Å²) in [6, 6.07) is 4.00. The highest BCUT2D eigenvalue weighted by Crippen LogP contribution is 2.18. The van der Waals surface area contributed by atoms with E-state index in [0.717, 1.165) is 6.26 Å². The number of rotatable bonds is 4. The molecule has 1 rings (SSSR count). The van der Waals surface area contributed by atoms with Crippen molar-refractivity contribution in [3.8, 4) is 0 Å². The molecule has 0 heterocycles. The van der Waals surface area contributed by atoms with E-state index in [0.29, 0.717) is 0 Å². The molecule has 2 N–H and O–H groups in total. The zero-order chi connectivity index (χ0) is 14.8. The number of nitrogen functional groups attached to an aromatic ring is 1. The number of sulfone groups is 1. The van der Waals surface area contributed by atoms with Crippen molar-refractivity contribution in [3.05, 3.63) is 23.8 Å². The molecule has 19 heavy (non-hydrogen) atoms. The second kappa shape index (κ2) is 5.61. The molecule has 0 saturated heterocycles. The first-order chi connectivity index (χ1) is 8.61. The fourth-order valence-corrected chi connectivity index (χ4v) is 2.02. The fourth-order valence-electron chi connectivity index (χ4n) is 1.33. The van der Waals surface area contributed by atoms with Crippen LogP contribution in [0.2, 0.25) is 0 Å². The zero-order valence-corrected chi connectivity index (χ0v) is 12.3. The lowest BCUT2D eigenvalue weighted by Crippen LogP contribution is -2.20. The van der Waals surface area contributed by atoms with Crippen LogP contribution in [0, 0.1) is 5.92 Å². The van der Waals surface area contributed by atoms with Crippen molar-refractivity contribution in [1.29, 1.82) is 0 Å². The molecule has 0 aliphatic heterocycles. The zero-order valence-electron chi connectivity index (χ0n) is 11.5. The molecule has 1 unspecified atom stereocenters. The number of hydrogen-bond acceptors (Lipinski definition) is 5. The van der Waals surface area contributed by atoms with Gasteiger partial charge in [0.1, 0.15) is 6.10 Å². The topological polar surface area (TPSA) is 86.5 Å². The number of benzene rings is 1. The number of hydrogen-bond donors (Lipinski definition) is 1. The van der Waals surface area contributed by atoms with E-state index in [1.165, 1.54) is 18.2 Å². The Balaban J connectivity index is 3.08. The second-order valence-corrected chi connectivity index (χ2v) is 6.93. The van der Waals surface area contributed by atoms with E-state index in [-0.39, 0.29) is 28.2 Å². The Morgan fingerprint density at radius 1 is 1.21 bits per heavy atom. The first-order valence-electron chi connectivity index (χ1n) is 5.93. The van der Waals surface area contributed by atoms with Crippen molar-refractivity contribution >= 4 is 21.5 Å². The predicted molar refractivity (Wildman–Crippen MR) is 73.7 cm³/mol. The van der Waals surface area contributed by atoms with E-state index in [2.05, 4.69) is 0 Å². The van der Waals surface area contributed by atoms with E-state index in [4.69, 9.17) is 10.5 Å². The van der Waals surface area contributed by atoms with Crippen LogP contribution in [0.25, 0.3) is 0 Å². The van der Waals surface area contributed by atoms with Crippen LogP contribution in [0.5, 0.6) is 0 Å². The summed E-state index contributed by atoms with van der Waals surface area (Å²) in [5.41, 5.74) is 5.97. The van der Waals surface area contributed by atoms with E-state index < -0.39 is 15.8 Å². The van der Waals surface area contributed by atoms with Gasteiger partial charge in [-0.1, -0.05) is 13.8 Å². The molecule has 0 fully saturated rings. The van der Waals surface area contributed by atoms with Crippen LogP contribution < -0.4 is 5.73 Å². The summed E-state index contributed by atoms with van der Waals surface area (Å²) in [4.78, 5) is 11.9. The van der Waals surface area contributed by atoms with Gasteiger partial charge in [-0.15, -0.1) is 0 Å². The van der Waals surface area contributed by atoms with Gasteiger partial charge in [-0.25, -0.2) is 13.2 Å². The Bertz CT molecular complexity index is 578. The standard InChI is InChI=1S/C13H19NO4S/c1-8(2)9(3)18-13(15)10-5-11(14)7-12(6-10)19(4,16)17/h5-9H,14H2,1-4H3. The lowest BCUT2D eigenvalue weighted by molar-refractivity contribution is 0.0238. The molecule has 6 heteroatoms. The number of carbonyl (C=O) groups is 1. The van der Waals surface area contributed by atoms with Gasteiger partial charge >= 0.3 is 5.97 Å². The third kappa shape index (κ3) is 4.24. The van der Waals surface area contributed by atoms with Crippen molar-refractivity contribution in [2.45, 2.75) is 31.8 Å². The molecule has 1 atom stereocenters. The molecule has 0 aromatic heterocycles. The smallest absolute Gasteiger partial charge is 0.338 e. The Morgan fingerprint density at radius 3 is 2.26 bits per heavy atom. The summed E-state index contributed by atoms with van der Waals surface area (Å²) in [6.07, 6.45) is 0.809. The normalized spacial score (nSPS) is 13.3.